The smallest absolute Gasteiger partial charge is 0.361 e. The third-order valence-corrected chi connectivity index (χ3v) is 3.19. The van der Waals surface area contributed by atoms with Crippen molar-refractivity contribution in [1.82, 2.24) is 0 Å². The Morgan fingerprint density at radius 2 is 1.50 bits per heavy atom. The quantitative estimate of drug-likeness (QED) is 0.727. The minimum Gasteiger partial charge on any atom is -0.361 e. The Bertz CT molecular complexity index is 377. The number of nitrogens with two attached hydrogens (primary N) is 1. The number of hydrogen-bond donors (Lipinski definition) is 1. The second kappa shape index (κ2) is 6.94. The van der Waals surface area contributed by atoms with Crippen LogP contribution in [0.15, 0.2) is 0 Å². The van der Waals surface area contributed by atoms with E-state index in [4.69, 9.17) is 5.14 Å². The highest BCUT2D eigenvalue weighted by Crippen LogP contribution is 2.35. The Morgan fingerprint density at radius 1 is 1.05 bits per heavy atom. The van der Waals surface area contributed by atoms with Crippen LogP contribution in [0.5, 0.6) is 0 Å². The second-order valence-electron chi connectivity index (χ2n) is 4.38. The van der Waals surface area contributed by atoms with Crippen LogP contribution in [0.2, 0.25) is 0 Å². The summed E-state index contributed by atoms with van der Waals surface area (Å²) in [4.78, 5) is 0. The van der Waals surface area contributed by atoms with Gasteiger partial charge in [0.1, 0.15) is 0 Å². The Morgan fingerprint density at radius 3 is 1.85 bits per heavy atom. The highest BCUT2D eigenvalue weighted by Gasteiger charge is 2.57. The fraction of sp³-hybridized carbons (Fsp3) is 1.00. The predicted octanol–water partition coefficient (Wildman–Crippen LogP) is 2.20. The molecule has 4 nitrogen and oxygen atoms in total. The van der Waals surface area contributed by atoms with Gasteiger partial charge in [0.15, 0.2) is 0 Å². The van der Waals surface area contributed by atoms with Gasteiger partial charge in [0.2, 0.25) is 16.1 Å². The maximum atomic E-state index is 12.1. The normalized spacial score (nSPS) is 15.7. The van der Waals surface area contributed by atoms with E-state index < -0.39 is 46.8 Å². The fourth-order valence-corrected chi connectivity index (χ4v) is 2.00. The van der Waals surface area contributed by atoms with Crippen LogP contribution < -0.4 is 5.14 Å². The molecule has 0 aliphatic rings. The highest BCUT2D eigenvalue weighted by molar-refractivity contribution is 7.89. The zero-order valence-electron chi connectivity index (χ0n) is 10.5. The van der Waals surface area contributed by atoms with Gasteiger partial charge in [-0.15, -0.1) is 0 Å². The standard InChI is InChI=1S/C9H15F6NO3S/c1-6(3-5-20(16,17)18)2-4-19-7(8(10,11)12)9(13,14)15/h6-7H,2-5H2,1H3,(H2,16,17,18). The van der Waals surface area contributed by atoms with Crippen molar-refractivity contribution in [3.63, 3.8) is 0 Å². The Hall–Kier alpha value is -0.550. The molecule has 0 aromatic rings. The van der Waals surface area contributed by atoms with E-state index in [1.807, 2.05) is 0 Å². The summed E-state index contributed by atoms with van der Waals surface area (Å²) in [7, 11) is -3.71. The number of alkyl halides is 6. The SMILES string of the molecule is CC(CCOC(C(F)(F)F)C(F)(F)F)CCS(N)(=O)=O. The van der Waals surface area contributed by atoms with E-state index in [-0.39, 0.29) is 12.8 Å². The molecule has 1 unspecified atom stereocenters. The van der Waals surface area contributed by atoms with Crippen molar-refractivity contribution in [3.8, 4) is 0 Å². The first-order valence-corrected chi connectivity index (χ1v) is 7.20. The maximum absolute atomic E-state index is 12.1. The molecule has 0 aromatic heterocycles. The molecule has 20 heavy (non-hydrogen) atoms. The molecule has 11 heteroatoms. The van der Waals surface area contributed by atoms with Gasteiger partial charge in [0.25, 0.3) is 0 Å². The fourth-order valence-electron chi connectivity index (χ4n) is 1.27. The Labute approximate surface area is 112 Å². The minimum absolute atomic E-state index is 0.0326. The molecule has 0 aliphatic heterocycles. The molecular weight excluding hydrogens is 316 g/mol. The van der Waals surface area contributed by atoms with Crippen LogP contribution >= 0.6 is 0 Å². The van der Waals surface area contributed by atoms with E-state index >= 15 is 0 Å². The predicted molar refractivity (Wildman–Crippen MR) is 58.2 cm³/mol. The summed E-state index contributed by atoms with van der Waals surface area (Å²) in [5, 5.41) is 4.72. The van der Waals surface area contributed by atoms with Crippen LogP contribution in [0.3, 0.4) is 0 Å². The number of sulfonamides is 1. The average molecular weight is 331 g/mol. The minimum atomic E-state index is -5.54. The number of hydrogen-bond acceptors (Lipinski definition) is 3. The van der Waals surface area contributed by atoms with Gasteiger partial charge >= 0.3 is 12.4 Å². The van der Waals surface area contributed by atoms with E-state index in [1.54, 1.807) is 0 Å². The van der Waals surface area contributed by atoms with Crippen molar-refractivity contribution in [2.45, 2.75) is 38.2 Å². The van der Waals surface area contributed by atoms with E-state index in [1.165, 1.54) is 6.92 Å². The molecule has 122 valence electrons. The summed E-state index contributed by atoms with van der Waals surface area (Å²) < 4.78 is 97.7. The largest absolute Gasteiger partial charge is 0.423 e. The first-order valence-electron chi connectivity index (χ1n) is 5.49. The number of rotatable bonds is 7. The van der Waals surface area contributed by atoms with Gasteiger partial charge in [-0.25, -0.2) is 13.6 Å². The number of halogens is 6. The summed E-state index contributed by atoms with van der Waals surface area (Å²) in [6.45, 7) is 0.695. The molecule has 0 aliphatic carbocycles. The molecule has 0 saturated heterocycles. The van der Waals surface area contributed by atoms with Crippen LogP contribution in [0.4, 0.5) is 26.3 Å². The second-order valence-corrected chi connectivity index (χ2v) is 6.12. The van der Waals surface area contributed by atoms with E-state index in [2.05, 4.69) is 4.74 Å². The van der Waals surface area contributed by atoms with Crippen molar-refractivity contribution < 1.29 is 39.5 Å². The molecule has 0 heterocycles. The molecule has 0 aromatic carbocycles. The van der Waals surface area contributed by atoms with Crippen molar-refractivity contribution >= 4 is 10.0 Å². The third kappa shape index (κ3) is 8.59. The maximum Gasteiger partial charge on any atom is 0.423 e. The van der Waals surface area contributed by atoms with Crippen LogP contribution in [0.1, 0.15) is 19.8 Å². The van der Waals surface area contributed by atoms with Gasteiger partial charge < -0.3 is 4.74 Å². The first-order chi connectivity index (χ1) is 8.73. The van der Waals surface area contributed by atoms with Gasteiger partial charge in [-0.1, -0.05) is 6.92 Å². The zero-order valence-corrected chi connectivity index (χ0v) is 11.3. The lowest BCUT2D eigenvalue weighted by atomic mass is 10.1. The molecule has 0 fully saturated rings. The molecule has 1 atom stereocenters. The van der Waals surface area contributed by atoms with Gasteiger partial charge in [0.05, 0.1) is 5.75 Å². The van der Waals surface area contributed by atoms with E-state index in [9.17, 15) is 34.8 Å². The number of ether oxygens (including phenoxy) is 1. The Kier molecular flexibility index (Phi) is 6.75. The summed E-state index contributed by atoms with van der Waals surface area (Å²) in [6.07, 6.45) is -15.0. The molecule has 0 bridgehead atoms. The van der Waals surface area contributed by atoms with Crippen LogP contribution in [-0.4, -0.2) is 39.2 Å². The highest BCUT2D eigenvalue weighted by atomic mass is 32.2. The molecular formula is C9H15F6NO3S. The van der Waals surface area contributed by atoms with E-state index in [0.717, 1.165) is 0 Å². The molecule has 0 radical (unpaired) electrons. The van der Waals surface area contributed by atoms with Gasteiger partial charge in [0, 0.05) is 6.61 Å². The lowest BCUT2D eigenvalue weighted by Crippen LogP contribution is -2.44. The van der Waals surface area contributed by atoms with Crippen LogP contribution in [-0.2, 0) is 14.8 Å². The van der Waals surface area contributed by atoms with Crippen LogP contribution in [0, 0.1) is 5.92 Å². The molecule has 0 spiro atoms. The van der Waals surface area contributed by atoms with Crippen LogP contribution in [0.25, 0.3) is 0 Å². The average Bonchev–Trinajstić information content (AvgIpc) is 2.16. The third-order valence-electron chi connectivity index (χ3n) is 2.38. The summed E-state index contributed by atoms with van der Waals surface area (Å²) in [5.41, 5.74) is 0. The van der Waals surface area contributed by atoms with Crippen molar-refractivity contribution in [1.29, 1.82) is 0 Å². The van der Waals surface area contributed by atoms with Crippen molar-refractivity contribution in [2.75, 3.05) is 12.4 Å². The topological polar surface area (TPSA) is 69.4 Å². The monoisotopic (exact) mass is 331 g/mol. The first kappa shape index (κ1) is 19.4. The van der Waals surface area contributed by atoms with Crippen molar-refractivity contribution in [3.05, 3.63) is 0 Å². The zero-order chi connectivity index (χ0) is 16.2. The van der Waals surface area contributed by atoms with Gasteiger partial charge in [-0.3, -0.25) is 0 Å². The van der Waals surface area contributed by atoms with Gasteiger partial charge in [-0.05, 0) is 18.8 Å². The number of primary sulfonamides is 1. The summed E-state index contributed by atoms with van der Waals surface area (Å²) >= 11 is 0. The summed E-state index contributed by atoms with van der Waals surface area (Å²) in [5.74, 6) is -0.827. The lowest BCUT2D eigenvalue weighted by Gasteiger charge is -2.23. The Balaban J connectivity index is 4.26. The molecule has 0 saturated carbocycles. The molecule has 0 rings (SSSR count). The molecule has 2 N–H and O–H groups in total. The summed E-state index contributed by atoms with van der Waals surface area (Å²) in [6, 6.07) is 0. The van der Waals surface area contributed by atoms with Crippen molar-refractivity contribution in [2.24, 2.45) is 11.1 Å². The lowest BCUT2D eigenvalue weighted by molar-refractivity contribution is -0.322. The van der Waals surface area contributed by atoms with E-state index in [0.29, 0.717) is 0 Å². The van der Waals surface area contributed by atoms with Gasteiger partial charge in [-0.2, -0.15) is 26.3 Å². The molecule has 0 amide bonds.